The summed E-state index contributed by atoms with van der Waals surface area (Å²) in [5.41, 5.74) is 0. The zero-order chi connectivity index (χ0) is 14.5. The summed E-state index contributed by atoms with van der Waals surface area (Å²) in [4.78, 5) is 13.1. The molecule has 112 valence electrons. The van der Waals surface area contributed by atoms with Crippen LogP contribution in [-0.2, 0) is 9.53 Å². The molecule has 1 aromatic rings. The van der Waals surface area contributed by atoms with Crippen LogP contribution in [0.4, 0.5) is 0 Å². The van der Waals surface area contributed by atoms with Crippen molar-refractivity contribution in [3.8, 4) is 0 Å². The Labute approximate surface area is 133 Å². The van der Waals surface area contributed by atoms with E-state index in [1.165, 1.54) is 4.88 Å². The summed E-state index contributed by atoms with van der Waals surface area (Å²) in [6.45, 7) is 4.56. The minimum atomic E-state index is -0.0128. The number of nitrogens with one attached hydrogen (secondary N) is 1. The van der Waals surface area contributed by atoms with Gasteiger partial charge in [0.25, 0.3) is 0 Å². The maximum absolute atomic E-state index is 11.7. The monoisotopic (exact) mass is 359 g/mol. The molecule has 1 aromatic heterocycles. The quantitative estimate of drug-likeness (QED) is 0.797. The number of hydrogen-bond acceptors (Lipinski definition) is 4. The molecule has 0 spiro atoms. The largest absolute Gasteiger partial charge is 0.466 e. The molecule has 1 unspecified atom stereocenters. The molecule has 1 heterocycles. The van der Waals surface area contributed by atoms with Gasteiger partial charge in [-0.1, -0.05) is 0 Å². The number of carbonyl (C=O) groups is 1. The Morgan fingerprint density at radius 1 is 1.50 bits per heavy atom. The van der Waals surface area contributed by atoms with E-state index < -0.39 is 0 Å². The molecule has 20 heavy (non-hydrogen) atoms. The maximum Gasteiger partial charge on any atom is 0.308 e. The predicted molar refractivity (Wildman–Crippen MR) is 85.9 cm³/mol. The molecule has 5 heteroatoms. The summed E-state index contributed by atoms with van der Waals surface area (Å²) in [7, 11) is 0. The number of thiophene rings is 1. The lowest BCUT2D eigenvalue weighted by molar-refractivity contribution is -0.149. The minimum absolute atomic E-state index is 0.0128. The third kappa shape index (κ3) is 4.30. The summed E-state index contributed by atoms with van der Waals surface area (Å²) in [5, 5.41) is 5.79. The van der Waals surface area contributed by atoms with Gasteiger partial charge < -0.3 is 10.1 Å². The SMILES string of the molecule is CCOC(=O)C1CCC(NC(C)c2cc(Br)cs2)CC1. The van der Waals surface area contributed by atoms with E-state index in [1.54, 1.807) is 11.3 Å². The fourth-order valence-corrected chi connectivity index (χ4v) is 4.21. The van der Waals surface area contributed by atoms with Gasteiger partial charge in [-0.2, -0.15) is 0 Å². The number of carbonyl (C=O) groups excluding carboxylic acids is 1. The van der Waals surface area contributed by atoms with Crippen LogP contribution in [0.15, 0.2) is 15.9 Å². The summed E-state index contributed by atoms with van der Waals surface area (Å²) < 4.78 is 6.26. The molecule has 2 rings (SSSR count). The summed E-state index contributed by atoms with van der Waals surface area (Å²) in [6, 6.07) is 3.05. The van der Waals surface area contributed by atoms with E-state index in [-0.39, 0.29) is 11.9 Å². The van der Waals surface area contributed by atoms with E-state index in [0.717, 1.165) is 30.2 Å². The van der Waals surface area contributed by atoms with Crippen molar-refractivity contribution >= 4 is 33.2 Å². The average Bonchev–Trinajstić information content (AvgIpc) is 2.86. The third-order valence-corrected chi connectivity index (χ3v) is 5.72. The molecule has 1 fully saturated rings. The number of halogens is 1. The first-order valence-electron chi connectivity index (χ1n) is 7.26. The first-order valence-corrected chi connectivity index (χ1v) is 8.94. The van der Waals surface area contributed by atoms with Crippen LogP contribution in [-0.4, -0.2) is 18.6 Å². The van der Waals surface area contributed by atoms with E-state index in [0.29, 0.717) is 18.7 Å². The molecular formula is C15H22BrNO2S. The van der Waals surface area contributed by atoms with E-state index in [1.807, 2.05) is 6.92 Å². The highest BCUT2D eigenvalue weighted by atomic mass is 79.9. The smallest absolute Gasteiger partial charge is 0.308 e. The van der Waals surface area contributed by atoms with Gasteiger partial charge in [0.15, 0.2) is 0 Å². The predicted octanol–water partition coefficient (Wildman–Crippen LogP) is 4.28. The Bertz CT molecular complexity index is 441. The standard InChI is InChI=1S/C15H22BrNO2S/c1-3-19-15(18)11-4-6-13(7-5-11)17-10(2)14-8-12(16)9-20-14/h8-11,13,17H,3-7H2,1-2H3. The molecule has 3 nitrogen and oxygen atoms in total. The van der Waals surface area contributed by atoms with Crippen LogP contribution < -0.4 is 5.32 Å². The molecule has 0 amide bonds. The van der Waals surface area contributed by atoms with Gasteiger partial charge >= 0.3 is 5.97 Å². The molecular weight excluding hydrogens is 338 g/mol. The van der Waals surface area contributed by atoms with Crippen LogP contribution in [0.1, 0.15) is 50.4 Å². The number of ether oxygens (including phenoxy) is 1. The van der Waals surface area contributed by atoms with Gasteiger partial charge in [0.1, 0.15) is 0 Å². The lowest BCUT2D eigenvalue weighted by atomic mass is 9.86. The average molecular weight is 360 g/mol. The lowest BCUT2D eigenvalue weighted by Gasteiger charge is -2.30. The second kappa shape index (κ2) is 7.57. The number of hydrogen-bond donors (Lipinski definition) is 1. The Morgan fingerprint density at radius 2 is 2.20 bits per heavy atom. The molecule has 0 aliphatic heterocycles. The van der Waals surface area contributed by atoms with Crippen molar-refractivity contribution in [2.45, 2.75) is 51.6 Å². The van der Waals surface area contributed by atoms with Gasteiger partial charge in [-0.05, 0) is 61.5 Å². The second-order valence-electron chi connectivity index (χ2n) is 5.36. The molecule has 1 saturated carbocycles. The van der Waals surface area contributed by atoms with Gasteiger partial charge in [-0.3, -0.25) is 4.79 Å². The van der Waals surface area contributed by atoms with Crippen LogP contribution >= 0.6 is 27.3 Å². The molecule has 0 bridgehead atoms. The maximum atomic E-state index is 11.7. The molecule has 1 aliphatic rings. The Hall–Kier alpha value is -0.390. The highest BCUT2D eigenvalue weighted by Crippen LogP contribution is 2.29. The molecule has 0 saturated heterocycles. The first-order chi connectivity index (χ1) is 9.60. The van der Waals surface area contributed by atoms with Gasteiger partial charge in [0.2, 0.25) is 0 Å². The summed E-state index contributed by atoms with van der Waals surface area (Å²) >= 11 is 5.27. The van der Waals surface area contributed by atoms with Crippen LogP contribution in [0.3, 0.4) is 0 Å². The summed E-state index contributed by atoms with van der Waals surface area (Å²) in [6.07, 6.45) is 4.00. The van der Waals surface area contributed by atoms with Gasteiger partial charge in [-0.25, -0.2) is 0 Å². The van der Waals surface area contributed by atoms with Crippen LogP contribution in [0.25, 0.3) is 0 Å². The fourth-order valence-electron chi connectivity index (χ4n) is 2.75. The normalized spacial score (nSPS) is 24.4. The molecule has 0 aromatic carbocycles. The molecule has 0 radical (unpaired) electrons. The molecule has 1 aliphatic carbocycles. The first kappa shape index (κ1) is 16.0. The number of rotatable bonds is 5. The Balaban J connectivity index is 1.78. The number of esters is 1. The van der Waals surface area contributed by atoms with Crippen molar-refractivity contribution in [3.63, 3.8) is 0 Å². The van der Waals surface area contributed by atoms with E-state index in [9.17, 15) is 4.79 Å². The minimum Gasteiger partial charge on any atom is -0.466 e. The van der Waals surface area contributed by atoms with Crippen molar-refractivity contribution < 1.29 is 9.53 Å². The Kier molecular flexibility index (Phi) is 6.05. The van der Waals surface area contributed by atoms with Crippen molar-refractivity contribution in [3.05, 3.63) is 20.8 Å². The second-order valence-corrected chi connectivity index (χ2v) is 7.21. The Morgan fingerprint density at radius 3 is 2.75 bits per heavy atom. The van der Waals surface area contributed by atoms with Crippen molar-refractivity contribution in [2.24, 2.45) is 5.92 Å². The molecule has 1 atom stereocenters. The van der Waals surface area contributed by atoms with E-state index in [2.05, 4.69) is 39.6 Å². The van der Waals surface area contributed by atoms with Crippen LogP contribution in [0.2, 0.25) is 0 Å². The summed E-state index contributed by atoms with van der Waals surface area (Å²) in [5.74, 6) is 0.0976. The zero-order valence-corrected chi connectivity index (χ0v) is 14.4. The van der Waals surface area contributed by atoms with Crippen LogP contribution in [0.5, 0.6) is 0 Å². The van der Waals surface area contributed by atoms with Gasteiger partial charge in [-0.15, -0.1) is 11.3 Å². The topological polar surface area (TPSA) is 38.3 Å². The van der Waals surface area contributed by atoms with Crippen molar-refractivity contribution in [1.29, 1.82) is 0 Å². The van der Waals surface area contributed by atoms with Crippen molar-refractivity contribution in [1.82, 2.24) is 5.32 Å². The van der Waals surface area contributed by atoms with Crippen molar-refractivity contribution in [2.75, 3.05) is 6.61 Å². The van der Waals surface area contributed by atoms with E-state index in [4.69, 9.17) is 4.74 Å². The highest BCUT2D eigenvalue weighted by Gasteiger charge is 2.27. The lowest BCUT2D eigenvalue weighted by Crippen LogP contribution is -2.36. The molecule has 1 N–H and O–H groups in total. The zero-order valence-electron chi connectivity index (χ0n) is 12.0. The van der Waals surface area contributed by atoms with E-state index >= 15 is 0 Å². The van der Waals surface area contributed by atoms with Gasteiger partial charge in [0.05, 0.1) is 12.5 Å². The van der Waals surface area contributed by atoms with Gasteiger partial charge in [0, 0.05) is 26.8 Å². The third-order valence-electron chi connectivity index (χ3n) is 3.85. The fraction of sp³-hybridized carbons (Fsp3) is 0.667. The highest BCUT2D eigenvalue weighted by molar-refractivity contribution is 9.10. The van der Waals surface area contributed by atoms with Crippen LogP contribution in [0, 0.1) is 5.92 Å².